The molecular weight excluding hydrogens is 175 g/mol. The van der Waals surface area contributed by atoms with Crippen molar-refractivity contribution in [1.82, 2.24) is 14.8 Å². The number of hydrogen-bond donors (Lipinski definition) is 0. The van der Waals surface area contributed by atoms with Crippen molar-refractivity contribution in [2.45, 2.75) is 6.54 Å². The van der Waals surface area contributed by atoms with Crippen molar-refractivity contribution in [3.8, 4) is 6.07 Å². The van der Waals surface area contributed by atoms with E-state index in [-0.39, 0.29) is 17.1 Å². The van der Waals surface area contributed by atoms with E-state index in [1.54, 1.807) is 0 Å². The van der Waals surface area contributed by atoms with Gasteiger partial charge >= 0.3 is 0 Å². The highest BCUT2D eigenvalue weighted by atomic mass is 35.5. The van der Waals surface area contributed by atoms with Crippen molar-refractivity contribution < 1.29 is 0 Å². The van der Waals surface area contributed by atoms with Gasteiger partial charge in [-0.15, -0.1) is 5.10 Å². The third-order valence-corrected chi connectivity index (χ3v) is 1.26. The van der Waals surface area contributed by atoms with Gasteiger partial charge in [0, 0.05) is 0 Å². The number of rotatable bonds is 1. The molecule has 52 valence electrons. The number of halogens is 2. The highest BCUT2D eigenvalue weighted by Crippen LogP contribution is 2.08. The van der Waals surface area contributed by atoms with Crippen LogP contribution in [0.5, 0.6) is 0 Å². The number of hydrogen-bond acceptors (Lipinski definition) is 3. The van der Waals surface area contributed by atoms with Crippen molar-refractivity contribution >= 4 is 23.2 Å². The molecular formula is C4H2Cl2N4. The van der Waals surface area contributed by atoms with E-state index >= 15 is 0 Å². The van der Waals surface area contributed by atoms with Gasteiger partial charge in [0.25, 0.3) is 0 Å². The second-order valence-corrected chi connectivity index (χ2v) is 2.14. The SMILES string of the molecule is N#CCn1nc(Cl)nc1Cl. The summed E-state index contributed by atoms with van der Waals surface area (Å²) in [6.45, 7) is 0.0680. The second-order valence-electron chi connectivity index (χ2n) is 1.47. The molecule has 0 aliphatic rings. The summed E-state index contributed by atoms with van der Waals surface area (Å²) in [5.74, 6) is 0. The molecule has 1 heterocycles. The molecule has 0 aliphatic heterocycles. The molecule has 0 aromatic carbocycles. The quantitative estimate of drug-likeness (QED) is 0.645. The van der Waals surface area contributed by atoms with E-state index in [2.05, 4.69) is 10.1 Å². The Bertz CT molecular complexity index is 273. The number of nitriles is 1. The molecule has 6 heteroatoms. The second kappa shape index (κ2) is 2.86. The Morgan fingerprint density at radius 3 is 2.70 bits per heavy atom. The fraction of sp³-hybridized carbons (Fsp3) is 0.250. The van der Waals surface area contributed by atoms with Crippen LogP contribution in [-0.4, -0.2) is 14.8 Å². The topological polar surface area (TPSA) is 54.5 Å². The predicted molar refractivity (Wildman–Crippen MR) is 35.7 cm³/mol. The molecule has 4 nitrogen and oxygen atoms in total. The van der Waals surface area contributed by atoms with Crippen LogP contribution in [0.15, 0.2) is 0 Å². The van der Waals surface area contributed by atoms with E-state index in [1.165, 1.54) is 4.68 Å². The van der Waals surface area contributed by atoms with Crippen LogP contribution in [0, 0.1) is 11.3 Å². The Hall–Kier alpha value is -0.790. The predicted octanol–water partition coefficient (Wildman–Crippen LogP) is 1.11. The van der Waals surface area contributed by atoms with Gasteiger partial charge in [0.05, 0.1) is 6.07 Å². The lowest BCUT2D eigenvalue weighted by Gasteiger charge is -1.88. The van der Waals surface area contributed by atoms with Crippen LogP contribution >= 0.6 is 23.2 Å². The van der Waals surface area contributed by atoms with Crippen molar-refractivity contribution in [1.29, 1.82) is 5.26 Å². The van der Waals surface area contributed by atoms with E-state index in [9.17, 15) is 0 Å². The van der Waals surface area contributed by atoms with E-state index < -0.39 is 0 Å². The van der Waals surface area contributed by atoms with Gasteiger partial charge in [-0.25, -0.2) is 4.68 Å². The molecule has 1 aromatic heterocycles. The summed E-state index contributed by atoms with van der Waals surface area (Å²) in [6.07, 6.45) is 0. The highest BCUT2D eigenvalue weighted by Gasteiger charge is 2.03. The van der Waals surface area contributed by atoms with E-state index in [0.717, 1.165) is 0 Å². The van der Waals surface area contributed by atoms with Crippen LogP contribution in [-0.2, 0) is 6.54 Å². The number of aromatic nitrogens is 3. The zero-order chi connectivity index (χ0) is 7.56. The van der Waals surface area contributed by atoms with E-state index in [0.29, 0.717) is 0 Å². The van der Waals surface area contributed by atoms with Crippen molar-refractivity contribution in [2.24, 2.45) is 0 Å². The molecule has 0 bridgehead atoms. The van der Waals surface area contributed by atoms with Gasteiger partial charge in [-0.3, -0.25) is 0 Å². The Morgan fingerprint density at radius 1 is 1.60 bits per heavy atom. The average Bonchev–Trinajstić information content (AvgIpc) is 2.13. The molecule has 0 saturated heterocycles. The lowest BCUT2D eigenvalue weighted by atomic mass is 10.7. The molecule has 0 saturated carbocycles. The molecule has 0 unspecified atom stereocenters. The third kappa shape index (κ3) is 1.38. The zero-order valence-electron chi connectivity index (χ0n) is 4.75. The minimum absolute atomic E-state index is 0.0558. The summed E-state index contributed by atoms with van der Waals surface area (Å²) < 4.78 is 1.21. The fourth-order valence-electron chi connectivity index (χ4n) is 0.465. The maximum absolute atomic E-state index is 8.21. The van der Waals surface area contributed by atoms with Crippen LogP contribution < -0.4 is 0 Å². The van der Waals surface area contributed by atoms with Crippen molar-refractivity contribution in [3.63, 3.8) is 0 Å². The van der Waals surface area contributed by atoms with E-state index in [1.807, 2.05) is 6.07 Å². The highest BCUT2D eigenvalue weighted by molar-refractivity contribution is 6.31. The molecule has 0 N–H and O–H groups in total. The summed E-state index contributed by atoms with van der Waals surface area (Å²) in [5, 5.41) is 12.0. The van der Waals surface area contributed by atoms with Gasteiger partial charge in [-0.05, 0) is 23.2 Å². The monoisotopic (exact) mass is 176 g/mol. The Balaban J connectivity index is 2.94. The minimum Gasteiger partial charge on any atom is -0.220 e. The minimum atomic E-state index is 0.0558. The first-order chi connectivity index (χ1) is 4.74. The van der Waals surface area contributed by atoms with E-state index in [4.69, 9.17) is 28.5 Å². The maximum Gasteiger partial charge on any atom is 0.243 e. The molecule has 1 rings (SSSR count). The standard InChI is InChI=1S/C4H2Cl2N4/c5-3-8-4(6)10(9-3)2-1-7/h2H2. The van der Waals surface area contributed by atoms with Crippen molar-refractivity contribution in [3.05, 3.63) is 10.6 Å². The summed E-state index contributed by atoms with van der Waals surface area (Å²) in [6, 6.07) is 1.86. The van der Waals surface area contributed by atoms with Gasteiger partial charge in [-0.1, -0.05) is 0 Å². The summed E-state index contributed by atoms with van der Waals surface area (Å²) in [7, 11) is 0. The first-order valence-electron chi connectivity index (χ1n) is 2.37. The van der Waals surface area contributed by atoms with Gasteiger partial charge < -0.3 is 0 Å². The summed E-state index contributed by atoms with van der Waals surface area (Å²) in [5.41, 5.74) is 0. The summed E-state index contributed by atoms with van der Waals surface area (Å²) >= 11 is 10.8. The number of nitrogens with zero attached hydrogens (tertiary/aromatic N) is 4. The summed E-state index contributed by atoms with van der Waals surface area (Å²) in [4.78, 5) is 3.56. The zero-order valence-corrected chi connectivity index (χ0v) is 6.26. The van der Waals surface area contributed by atoms with Gasteiger partial charge in [0.15, 0.2) is 0 Å². The molecule has 0 aliphatic carbocycles. The molecule has 0 spiro atoms. The maximum atomic E-state index is 8.21. The lowest BCUT2D eigenvalue weighted by Crippen LogP contribution is -1.96. The van der Waals surface area contributed by atoms with Crippen LogP contribution in [0.25, 0.3) is 0 Å². The van der Waals surface area contributed by atoms with Crippen molar-refractivity contribution in [2.75, 3.05) is 0 Å². The molecule has 0 radical (unpaired) electrons. The Morgan fingerprint density at radius 2 is 2.30 bits per heavy atom. The van der Waals surface area contributed by atoms with Crippen LogP contribution in [0.2, 0.25) is 10.6 Å². The Labute approximate surface area is 67.0 Å². The van der Waals surface area contributed by atoms with Crippen LogP contribution in [0.4, 0.5) is 0 Å². The molecule has 0 atom stereocenters. The Kier molecular flexibility index (Phi) is 2.10. The molecule has 1 aromatic rings. The van der Waals surface area contributed by atoms with Crippen LogP contribution in [0.1, 0.15) is 0 Å². The van der Waals surface area contributed by atoms with Gasteiger partial charge in [-0.2, -0.15) is 10.2 Å². The normalized spacial score (nSPS) is 9.30. The first kappa shape index (κ1) is 7.32. The first-order valence-corrected chi connectivity index (χ1v) is 3.12. The molecule has 0 amide bonds. The molecule has 10 heavy (non-hydrogen) atoms. The van der Waals surface area contributed by atoms with Gasteiger partial charge in [0.2, 0.25) is 10.6 Å². The van der Waals surface area contributed by atoms with Crippen LogP contribution in [0.3, 0.4) is 0 Å². The average molecular weight is 177 g/mol. The fourth-order valence-corrected chi connectivity index (χ4v) is 0.857. The third-order valence-electron chi connectivity index (χ3n) is 0.821. The lowest BCUT2D eigenvalue weighted by molar-refractivity contribution is 0.709. The largest absolute Gasteiger partial charge is 0.243 e. The smallest absolute Gasteiger partial charge is 0.220 e. The van der Waals surface area contributed by atoms with Gasteiger partial charge in [0.1, 0.15) is 6.54 Å². The molecule has 0 fully saturated rings.